The Morgan fingerprint density at radius 1 is 1.30 bits per heavy atom. The molecule has 1 saturated heterocycles. The summed E-state index contributed by atoms with van der Waals surface area (Å²) in [5.74, 6) is 0.313. The summed E-state index contributed by atoms with van der Waals surface area (Å²) >= 11 is 5.83. The van der Waals surface area contributed by atoms with Crippen LogP contribution in [0.4, 0.5) is 0 Å². The molecule has 1 amide bonds. The van der Waals surface area contributed by atoms with Crippen molar-refractivity contribution < 1.29 is 4.79 Å². The number of hydrogen-bond acceptors (Lipinski definition) is 2. The van der Waals surface area contributed by atoms with E-state index in [4.69, 9.17) is 11.6 Å². The van der Waals surface area contributed by atoms with Gasteiger partial charge in [-0.25, -0.2) is 0 Å². The predicted molar refractivity (Wildman–Crippen MR) is 83.8 cm³/mol. The molecule has 1 heterocycles. The summed E-state index contributed by atoms with van der Waals surface area (Å²) in [7, 11) is 0. The summed E-state index contributed by atoms with van der Waals surface area (Å²) in [5, 5.41) is 4.12. The van der Waals surface area contributed by atoms with E-state index >= 15 is 0 Å². The zero-order chi connectivity index (χ0) is 14.2. The van der Waals surface area contributed by atoms with Gasteiger partial charge in [-0.3, -0.25) is 4.79 Å². The monoisotopic (exact) mass is 292 g/mol. The zero-order valence-electron chi connectivity index (χ0n) is 11.6. The summed E-state index contributed by atoms with van der Waals surface area (Å²) in [5.41, 5.74) is 1.15. The van der Waals surface area contributed by atoms with Crippen LogP contribution in [0.1, 0.15) is 24.8 Å². The minimum Gasteiger partial charge on any atom is -0.343 e. The minimum atomic E-state index is 0.313. The average Bonchev–Trinajstić information content (AvgIpc) is 2.85. The molecule has 1 aromatic rings. The topological polar surface area (TPSA) is 32.3 Å². The van der Waals surface area contributed by atoms with Crippen LogP contribution in [0, 0.1) is 0 Å². The molecule has 20 heavy (non-hydrogen) atoms. The van der Waals surface area contributed by atoms with Gasteiger partial charge in [0.25, 0.3) is 0 Å². The van der Waals surface area contributed by atoms with Gasteiger partial charge in [-0.05, 0) is 37.1 Å². The molecule has 2 rings (SSSR count). The Labute approximate surface area is 125 Å². The predicted octanol–water partition coefficient (Wildman–Crippen LogP) is 2.96. The number of benzene rings is 1. The Morgan fingerprint density at radius 3 is 2.80 bits per heavy atom. The first-order chi connectivity index (χ1) is 9.75. The average molecular weight is 293 g/mol. The third-order valence-corrected chi connectivity index (χ3v) is 3.65. The van der Waals surface area contributed by atoms with Crippen molar-refractivity contribution in [2.45, 2.75) is 19.3 Å². The highest BCUT2D eigenvalue weighted by molar-refractivity contribution is 6.30. The number of likely N-dealkylation sites (tertiary alicyclic amines) is 1. The molecule has 0 aliphatic carbocycles. The molecule has 1 N–H and O–H groups in total. The lowest BCUT2D eigenvalue weighted by atomic mass is 10.2. The quantitative estimate of drug-likeness (QED) is 0.784. The number of carbonyl (C=O) groups is 1. The van der Waals surface area contributed by atoms with Crippen molar-refractivity contribution in [3.05, 3.63) is 40.9 Å². The fourth-order valence-electron chi connectivity index (χ4n) is 2.29. The molecule has 0 spiro atoms. The van der Waals surface area contributed by atoms with Gasteiger partial charge in [0.1, 0.15) is 0 Å². The number of carbonyl (C=O) groups excluding carboxylic acids is 1. The number of halogens is 1. The van der Waals surface area contributed by atoms with Crippen molar-refractivity contribution in [2.75, 3.05) is 26.2 Å². The molecule has 0 radical (unpaired) electrons. The van der Waals surface area contributed by atoms with Crippen molar-refractivity contribution in [1.29, 1.82) is 0 Å². The third-order valence-electron chi connectivity index (χ3n) is 3.40. The Hall–Kier alpha value is -1.32. The Balaban J connectivity index is 1.55. The number of amides is 1. The second kappa shape index (κ2) is 8.08. The lowest BCUT2D eigenvalue weighted by Gasteiger charge is -2.14. The molecule has 4 heteroatoms. The van der Waals surface area contributed by atoms with Gasteiger partial charge in [-0.15, -0.1) is 0 Å². The molecule has 1 fully saturated rings. The van der Waals surface area contributed by atoms with Crippen LogP contribution < -0.4 is 5.32 Å². The van der Waals surface area contributed by atoms with E-state index in [-0.39, 0.29) is 0 Å². The van der Waals surface area contributed by atoms with Gasteiger partial charge in [0.2, 0.25) is 5.91 Å². The summed E-state index contributed by atoms with van der Waals surface area (Å²) in [6.45, 7) is 3.60. The number of nitrogens with one attached hydrogen (secondary N) is 1. The summed E-state index contributed by atoms with van der Waals surface area (Å²) in [6, 6.07) is 7.78. The van der Waals surface area contributed by atoms with Gasteiger partial charge < -0.3 is 10.2 Å². The number of nitrogens with zero attached hydrogens (tertiary/aromatic N) is 1. The molecule has 1 aromatic carbocycles. The first kappa shape index (κ1) is 15.1. The van der Waals surface area contributed by atoms with E-state index in [1.54, 1.807) is 0 Å². The van der Waals surface area contributed by atoms with E-state index in [1.807, 2.05) is 29.2 Å². The largest absolute Gasteiger partial charge is 0.343 e. The van der Waals surface area contributed by atoms with Crippen LogP contribution in [0.2, 0.25) is 5.02 Å². The molecule has 0 bridgehead atoms. The van der Waals surface area contributed by atoms with Crippen molar-refractivity contribution >= 4 is 23.6 Å². The highest BCUT2D eigenvalue weighted by atomic mass is 35.5. The Bertz CT molecular complexity index is 456. The fraction of sp³-hybridized carbons (Fsp3) is 0.438. The molecule has 0 saturated carbocycles. The van der Waals surface area contributed by atoms with E-state index in [0.717, 1.165) is 56.0 Å². The maximum absolute atomic E-state index is 11.4. The van der Waals surface area contributed by atoms with E-state index in [0.29, 0.717) is 5.91 Å². The summed E-state index contributed by atoms with van der Waals surface area (Å²) in [6.07, 6.45) is 6.95. The molecule has 3 nitrogen and oxygen atoms in total. The van der Waals surface area contributed by atoms with Crippen LogP contribution in [0.25, 0.3) is 6.08 Å². The maximum Gasteiger partial charge on any atom is 0.222 e. The normalized spacial score (nSPS) is 15.4. The van der Waals surface area contributed by atoms with E-state index in [2.05, 4.69) is 17.5 Å². The molecular formula is C16H21ClN2O. The molecular weight excluding hydrogens is 272 g/mol. The standard InChI is InChI=1S/C16H21ClN2O/c17-15-8-6-14(7-9-15)4-1-10-18-11-3-13-19-12-2-5-16(19)20/h1,4,6-9,18H,2-3,5,10-13H2/b4-1+. The van der Waals surface area contributed by atoms with Crippen molar-refractivity contribution in [2.24, 2.45) is 0 Å². The maximum atomic E-state index is 11.4. The first-order valence-corrected chi connectivity index (χ1v) is 7.54. The van der Waals surface area contributed by atoms with Gasteiger partial charge in [0, 0.05) is 31.1 Å². The summed E-state index contributed by atoms with van der Waals surface area (Å²) < 4.78 is 0. The SMILES string of the molecule is O=C1CCCN1CCCNC/C=C/c1ccc(Cl)cc1. The van der Waals surface area contributed by atoms with E-state index < -0.39 is 0 Å². The van der Waals surface area contributed by atoms with Gasteiger partial charge in [-0.1, -0.05) is 35.9 Å². The highest BCUT2D eigenvalue weighted by Gasteiger charge is 2.18. The van der Waals surface area contributed by atoms with Gasteiger partial charge in [-0.2, -0.15) is 0 Å². The van der Waals surface area contributed by atoms with E-state index in [9.17, 15) is 4.79 Å². The van der Waals surface area contributed by atoms with Crippen molar-refractivity contribution in [1.82, 2.24) is 10.2 Å². The Morgan fingerprint density at radius 2 is 2.10 bits per heavy atom. The molecule has 1 aliphatic rings. The smallest absolute Gasteiger partial charge is 0.222 e. The van der Waals surface area contributed by atoms with Gasteiger partial charge in [0.05, 0.1) is 0 Å². The van der Waals surface area contributed by atoms with E-state index in [1.165, 1.54) is 0 Å². The van der Waals surface area contributed by atoms with Crippen molar-refractivity contribution in [3.8, 4) is 0 Å². The lowest BCUT2D eigenvalue weighted by molar-refractivity contribution is -0.127. The highest BCUT2D eigenvalue weighted by Crippen LogP contribution is 2.10. The van der Waals surface area contributed by atoms with Gasteiger partial charge in [0.15, 0.2) is 0 Å². The number of rotatable bonds is 7. The van der Waals surface area contributed by atoms with Crippen LogP contribution in [0.3, 0.4) is 0 Å². The van der Waals surface area contributed by atoms with Crippen LogP contribution in [0.5, 0.6) is 0 Å². The lowest BCUT2D eigenvalue weighted by Crippen LogP contribution is -2.28. The molecule has 0 atom stereocenters. The zero-order valence-corrected chi connectivity index (χ0v) is 12.4. The van der Waals surface area contributed by atoms with Crippen LogP contribution >= 0.6 is 11.6 Å². The second-order valence-electron chi connectivity index (χ2n) is 5.00. The first-order valence-electron chi connectivity index (χ1n) is 7.16. The van der Waals surface area contributed by atoms with Crippen molar-refractivity contribution in [3.63, 3.8) is 0 Å². The molecule has 1 aliphatic heterocycles. The van der Waals surface area contributed by atoms with Crippen LogP contribution in [0.15, 0.2) is 30.3 Å². The molecule has 0 aromatic heterocycles. The fourth-order valence-corrected chi connectivity index (χ4v) is 2.42. The van der Waals surface area contributed by atoms with Crippen LogP contribution in [-0.4, -0.2) is 37.0 Å². The second-order valence-corrected chi connectivity index (χ2v) is 5.43. The number of hydrogen-bond donors (Lipinski definition) is 1. The minimum absolute atomic E-state index is 0.313. The molecule has 0 unspecified atom stereocenters. The third kappa shape index (κ3) is 4.99. The van der Waals surface area contributed by atoms with Crippen LogP contribution in [-0.2, 0) is 4.79 Å². The summed E-state index contributed by atoms with van der Waals surface area (Å²) in [4.78, 5) is 13.4. The van der Waals surface area contributed by atoms with Gasteiger partial charge >= 0.3 is 0 Å². The molecule has 108 valence electrons. The Kier molecular flexibility index (Phi) is 6.09.